The van der Waals surface area contributed by atoms with Crippen molar-refractivity contribution in [2.75, 3.05) is 13.2 Å². The summed E-state index contributed by atoms with van der Waals surface area (Å²) in [5.41, 5.74) is 0. The van der Waals surface area contributed by atoms with Gasteiger partial charge in [0.25, 0.3) is 11.6 Å². The smallest absolute Gasteiger partial charge is 0.450 e. The second kappa shape index (κ2) is 8.99. The summed E-state index contributed by atoms with van der Waals surface area (Å²) in [5, 5.41) is 0. The van der Waals surface area contributed by atoms with Gasteiger partial charge in [0.15, 0.2) is 0 Å². The first kappa shape index (κ1) is 23.9. The molecule has 0 saturated heterocycles. The van der Waals surface area contributed by atoms with Gasteiger partial charge in [-0.25, -0.2) is 0 Å². The van der Waals surface area contributed by atoms with E-state index in [0.29, 0.717) is 6.92 Å². The third-order valence-electron chi connectivity index (χ3n) is 3.26. The van der Waals surface area contributed by atoms with E-state index in [0.717, 1.165) is 0 Å². The molecule has 0 aromatic rings. The summed E-state index contributed by atoms with van der Waals surface area (Å²) in [4.78, 5) is 46.5. The van der Waals surface area contributed by atoms with E-state index in [1.54, 1.807) is 0 Å². The molecule has 0 rings (SSSR count). The Morgan fingerprint density at radius 1 is 0.731 bits per heavy atom. The lowest BCUT2D eigenvalue weighted by Crippen LogP contribution is -2.48. The number of hydrogen-bond acceptors (Lipinski definition) is 6. The van der Waals surface area contributed by atoms with E-state index < -0.39 is 66.8 Å². The van der Waals surface area contributed by atoms with E-state index in [1.807, 2.05) is 0 Å². The maximum Gasteiger partial charge on any atom is 0.450 e. The molecule has 0 saturated carbocycles. The standard InChI is InChI=1S/C14H16F6O6/c1-4-25-11(23)7(9(21)13(15,16)17)6(3)8(12(24)26-5-2)10(22)14(18,19)20/h6-8H,4-5H2,1-3H3/t6?,7-,8+. The van der Waals surface area contributed by atoms with Crippen LogP contribution in [0.1, 0.15) is 20.8 Å². The van der Waals surface area contributed by atoms with Crippen molar-refractivity contribution in [2.24, 2.45) is 17.8 Å². The van der Waals surface area contributed by atoms with Crippen molar-refractivity contribution in [3.8, 4) is 0 Å². The molecule has 0 radical (unpaired) electrons. The van der Waals surface area contributed by atoms with Gasteiger partial charge in [-0.1, -0.05) is 6.92 Å². The van der Waals surface area contributed by atoms with E-state index >= 15 is 0 Å². The van der Waals surface area contributed by atoms with Crippen molar-refractivity contribution in [1.29, 1.82) is 0 Å². The Labute approximate surface area is 143 Å². The lowest BCUT2D eigenvalue weighted by Gasteiger charge is -2.27. The highest BCUT2D eigenvalue weighted by molar-refractivity contribution is 6.06. The van der Waals surface area contributed by atoms with Crippen molar-refractivity contribution in [1.82, 2.24) is 0 Å². The molecule has 150 valence electrons. The fourth-order valence-corrected chi connectivity index (χ4v) is 2.13. The van der Waals surface area contributed by atoms with Gasteiger partial charge in [-0.15, -0.1) is 0 Å². The molecule has 0 amide bonds. The zero-order valence-electron chi connectivity index (χ0n) is 13.9. The number of ketones is 2. The Morgan fingerprint density at radius 3 is 1.19 bits per heavy atom. The van der Waals surface area contributed by atoms with Crippen molar-refractivity contribution in [2.45, 2.75) is 33.1 Å². The highest BCUT2D eigenvalue weighted by atomic mass is 19.4. The molecule has 12 heteroatoms. The summed E-state index contributed by atoms with van der Waals surface area (Å²) < 4.78 is 84.9. The predicted octanol–water partition coefficient (Wildman–Crippen LogP) is 2.24. The first-order valence-corrected chi connectivity index (χ1v) is 7.25. The topological polar surface area (TPSA) is 86.7 Å². The molecule has 0 heterocycles. The Hall–Kier alpha value is -2.14. The minimum atomic E-state index is -5.60. The van der Waals surface area contributed by atoms with Crippen LogP contribution in [0, 0.1) is 17.8 Å². The minimum Gasteiger partial charge on any atom is -0.465 e. The fourth-order valence-electron chi connectivity index (χ4n) is 2.13. The molecule has 0 aromatic heterocycles. The maximum atomic E-state index is 12.7. The molecule has 3 atom stereocenters. The number of hydrogen-bond donors (Lipinski definition) is 0. The number of ether oxygens (including phenoxy) is 2. The molecule has 0 spiro atoms. The number of alkyl halides is 6. The first-order valence-electron chi connectivity index (χ1n) is 7.25. The molecule has 0 N–H and O–H groups in total. The van der Waals surface area contributed by atoms with Crippen molar-refractivity contribution < 1.29 is 55.0 Å². The molecule has 0 bridgehead atoms. The number of Topliss-reactive ketones (excluding diaryl/α,β-unsaturated/α-hetero) is 2. The summed E-state index contributed by atoms with van der Waals surface area (Å²) in [6.45, 7) is 1.97. The van der Waals surface area contributed by atoms with Crippen LogP contribution in [0.5, 0.6) is 0 Å². The third-order valence-corrected chi connectivity index (χ3v) is 3.26. The Balaban J connectivity index is 6.14. The summed E-state index contributed by atoms with van der Waals surface area (Å²) in [5.74, 6) is -17.0. The second-order valence-corrected chi connectivity index (χ2v) is 5.04. The third kappa shape index (κ3) is 5.99. The largest absolute Gasteiger partial charge is 0.465 e. The average molecular weight is 394 g/mol. The number of carbonyl (C=O) groups is 4. The summed E-state index contributed by atoms with van der Waals surface area (Å²) in [7, 11) is 0. The van der Waals surface area contributed by atoms with Crippen LogP contribution in [0.4, 0.5) is 26.3 Å². The van der Waals surface area contributed by atoms with Gasteiger partial charge in [-0.2, -0.15) is 26.3 Å². The average Bonchev–Trinajstić information content (AvgIpc) is 2.46. The van der Waals surface area contributed by atoms with Crippen LogP contribution in [-0.4, -0.2) is 49.1 Å². The normalized spacial score (nSPS) is 15.6. The Kier molecular flexibility index (Phi) is 8.25. The quantitative estimate of drug-likeness (QED) is 0.357. The summed E-state index contributed by atoms with van der Waals surface area (Å²) in [6, 6.07) is 0. The number of rotatable bonds is 8. The molecule has 0 fully saturated rings. The number of halogens is 6. The molecule has 0 aliphatic carbocycles. The van der Waals surface area contributed by atoms with Crippen LogP contribution in [0.25, 0.3) is 0 Å². The van der Waals surface area contributed by atoms with E-state index in [2.05, 4.69) is 9.47 Å². The number of carbonyl (C=O) groups excluding carboxylic acids is 4. The zero-order valence-corrected chi connectivity index (χ0v) is 13.9. The van der Waals surface area contributed by atoms with E-state index in [4.69, 9.17) is 0 Å². The van der Waals surface area contributed by atoms with Crippen LogP contribution in [-0.2, 0) is 28.7 Å². The van der Waals surface area contributed by atoms with Crippen LogP contribution < -0.4 is 0 Å². The van der Waals surface area contributed by atoms with Crippen LogP contribution in [0.2, 0.25) is 0 Å². The van der Waals surface area contributed by atoms with Crippen molar-refractivity contribution >= 4 is 23.5 Å². The van der Waals surface area contributed by atoms with Gasteiger partial charge in [0.1, 0.15) is 11.8 Å². The van der Waals surface area contributed by atoms with E-state index in [9.17, 15) is 45.5 Å². The second-order valence-electron chi connectivity index (χ2n) is 5.04. The number of esters is 2. The SMILES string of the molecule is CCOC(=O)[C@H](C(=O)C(F)(F)F)C(C)[C@@H](C(=O)OCC)C(=O)C(F)(F)F. The van der Waals surface area contributed by atoms with Crippen LogP contribution in [0.3, 0.4) is 0 Å². The van der Waals surface area contributed by atoms with Gasteiger partial charge in [0.05, 0.1) is 13.2 Å². The maximum absolute atomic E-state index is 12.7. The van der Waals surface area contributed by atoms with Gasteiger partial charge in [0.2, 0.25) is 0 Å². The van der Waals surface area contributed by atoms with Gasteiger partial charge in [-0.3, -0.25) is 19.2 Å². The molecular formula is C14H16F6O6. The van der Waals surface area contributed by atoms with Crippen molar-refractivity contribution in [3.05, 3.63) is 0 Å². The summed E-state index contributed by atoms with van der Waals surface area (Å²) >= 11 is 0. The van der Waals surface area contributed by atoms with E-state index in [-0.39, 0.29) is 0 Å². The highest BCUT2D eigenvalue weighted by Gasteiger charge is 2.56. The monoisotopic (exact) mass is 394 g/mol. The molecule has 0 aliphatic rings. The summed E-state index contributed by atoms with van der Waals surface area (Å²) in [6.07, 6.45) is -11.2. The zero-order chi connectivity index (χ0) is 20.9. The van der Waals surface area contributed by atoms with E-state index in [1.165, 1.54) is 13.8 Å². The predicted molar refractivity (Wildman–Crippen MR) is 71.5 cm³/mol. The lowest BCUT2D eigenvalue weighted by molar-refractivity contribution is -0.190. The lowest BCUT2D eigenvalue weighted by atomic mass is 9.78. The van der Waals surface area contributed by atoms with Gasteiger partial charge in [-0.05, 0) is 19.8 Å². The van der Waals surface area contributed by atoms with Crippen molar-refractivity contribution in [3.63, 3.8) is 0 Å². The van der Waals surface area contributed by atoms with Gasteiger partial charge >= 0.3 is 24.3 Å². The minimum absolute atomic E-state index is 0.482. The Bertz CT molecular complexity index is 505. The van der Waals surface area contributed by atoms with Crippen LogP contribution in [0.15, 0.2) is 0 Å². The molecule has 26 heavy (non-hydrogen) atoms. The molecule has 0 aliphatic heterocycles. The Morgan fingerprint density at radius 2 is 1.00 bits per heavy atom. The first-order chi connectivity index (χ1) is 11.7. The molecular weight excluding hydrogens is 378 g/mol. The fraction of sp³-hybridized carbons (Fsp3) is 0.714. The highest BCUT2D eigenvalue weighted by Crippen LogP contribution is 2.34. The molecule has 0 aromatic carbocycles. The van der Waals surface area contributed by atoms with Gasteiger partial charge in [0, 0.05) is 0 Å². The molecule has 1 unspecified atom stereocenters. The molecule has 6 nitrogen and oxygen atoms in total. The van der Waals surface area contributed by atoms with Crippen LogP contribution >= 0.6 is 0 Å². The van der Waals surface area contributed by atoms with Gasteiger partial charge < -0.3 is 9.47 Å².